The van der Waals surface area contributed by atoms with Gasteiger partial charge in [-0.05, 0) is 62.5 Å². The second kappa shape index (κ2) is 15.0. The number of nitrogens with zero attached hydrogens (tertiary/aromatic N) is 4. The number of aromatic hydroxyl groups is 1. The van der Waals surface area contributed by atoms with Gasteiger partial charge in [-0.25, -0.2) is 0 Å². The van der Waals surface area contributed by atoms with E-state index in [9.17, 15) is 5.11 Å². The van der Waals surface area contributed by atoms with Crippen LogP contribution in [0.15, 0.2) is 18.2 Å². The quantitative estimate of drug-likeness (QED) is 0.193. The highest BCUT2D eigenvalue weighted by Crippen LogP contribution is 2.36. The van der Waals surface area contributed by atoms with Crippen molar-refractivity contribution in [3.63, 3.8) is 0 Å². The Labute approximate surface area is 233 Å². The third-order valence-corrected chi connectivity index (χ3v) is 10.4. The molecule has 2 fully saturated rings. The molecule has 0 unspecified atom stereocenters. The lowest BCUT2D eigenvalue weighted by Gasteiger charge is -2.36. The smallest absolute Gasteiger partial charge is 0.124 e. The topological polar surface area (TPSA) is 73.7 Å². The Morgan fingerprint density at radius 2 is 1.11 bits per heavy atom. The van der Waals surface area contributed by atoms with E-state index in [1.807, 2.05) is 0 Å². The largest absolute Gasteiger partial charge is 0.507 e. The highest BCUT2D eigenvalue weighted by Gasteiger charge is 2.22. The van der Waals surface area contributed by atoms with E-state index in [0.717, 1.165) is 125 Å². The predicted molar refractivity (Wildman–Crippen MR) is 156 cm³/mol. The average molecular weight is 567 g/mol. The summed E-state index contributed by atoms with van der Waals surface area (Å²) < 4.78 is 0.908. The van der Waals surface area contributed by atoms with Gasteiger partial charge in [0.2, 0.25) is 0 Å². The van der Waals surface area contributed by atoms with Crippen LogP contribution in [0, 0.1) is 3.82 Å². The Morgan fingerprint density at radius 3 is 1.51 bits per heavy atom. The third-order valence-electron chi connectivity index (χ3n) is 7.50. The van der Waals surface area contributed by atoms with E-state index in [0.29, 0.717) is 5.75 Å². The molecule has 0 bridgehead atoms. The molecule has 3 heterocycles. The van der Waals surface area contributed by atoms with Crippen LogP contribution in [-0.2, 0) is 13.1 Å². The molecule has 37 heavy (non-hydrogen) atoms. The zero-order valence-corrected chi connectivity index (χ0v) is 24.3. The minimum Gasteiger partial charge on any atom is -0.507 e. The Hall–Kier alpha value is -0.950. The molecule has 1 aromatic carbocycles. The molecule has 0 spiro atoms. The van der Waals surface area contributed by atoms with Gasteiger partial charge in [-0.1, -0.05) is 32.9 Å². The molecule has 2 aromatic rings. The number of unbranched alkanes of at least 4 members (excludes halogenated alkanes) is 2. The molecular formula is C27H42N4O3S3. The maximum absolute atomic E-state index is 11.4. The van der Waals surface area contributed by atoms with Crippen molar-refractivity contribution < 1.29 is 15.3 Å². The van der Waals surface area contributed by atoms with Gasteiger partial charge in [-0.2, -0.15) is 0 Å². The molecular weight excluding hydrogens is 525 g/mol. The summed E-state index contributed by atoms with van der Waals surface area (Å²) in [5.41, 5.74) is 3.17. The van der Waals surface area contributed by atoms with E-state index in [1.165, 1.54) is 4.88 Å². The SMILES string of the molecule is OCCCCN1CCN(Cc2cc(-c3cc(=S)ss3)cc(CN3CCN(CCCCO)CC3)c2O)CC1. The number of benzene rings is 1. The van der Waals surface area contributed by atoms with Gasteiger partial charge in [0.25, 0.3) is 0 Å². The van der Waals surface area contributed by atoms with Crippen LogP contribution in [0.3, 0.4) is 0 Å². The first-order valence-corrected chi connectivity index (χ1v) is 16.2. The second-order valence-corrected chi connectivity index (χ2v) is 13.1. The van der Waals surface area contributed by atoms with E-state index >= 15 is 0 Å². The molecule has 0 saturated carbocycles. The van der Waals surface area contributed by atoms with Crippen LogP contribution < -0.4 is 0 Å². The molecule has 10 heteroatoms. The van der Waals surface area contributed by atoms with E-state index < -0.39 is 0 Å². The van der Waals surface area contributed by atoms with Crippen molar-refractivity contribution >= 4 is 32.9 Å². The standard InChI is InChI=1S/C27H42N4O3S3/c32-15-3-1-5-28-7-11-30(12-8-28)20-23-17-22(25-19-26(35)37-36-25)18-24(27(23)34)21-31-13-9-29(10-14-31)6-2-4-16-33/h17-19,32-34H,1-16,20-21H2. The Bertz CT molecular complexity index is 961. The van der Waals surface area contributed by atoms with Gasteiger partial charge < -0.3 is 25.1 Å². The van der Waals surface area contributed by atoms with Crippen LogP contribution in [0.1, 0.15) is 36.8 Å². The van der Waals surface area contributed by atoms with Crippen LogP contribution >= 0.6 is 32.9 Å². The highest BCUT2D eigenvalue weighted by atomic mass is 32.9. The monoisotopic (exact) mass is 566 g/mol. The molecule has 4 rings (SSSR count). The lowest BCUT2D eigenvalue weighted by Crippen LogP contribution is -2.46. The summed E-state index contributed by atoms with van der Waals surface area (Å²) in [5.74, 6) is 0.443. The van der Waals surface area contributed by atoms with Crippen molar-refractivity contribution in [1.29, 1.82) is 0 Å². The summed E-state index contributed by atoms with van der Waals surface area (Å²) in [4.78, 5) is 11.0. The fraction of sp³-hybridized carbons (Fsp3) is 0.667. The van der Waals surface area contributed by atoms with Crippen LogP contribution in [0.4, 0.5) is 0 Å². The molecule has 0 radical (unpaired) electrons. The van der Waals surface area contributed by atoms with Gasteiger partial charge in [0.15, 0.2) is 0 Å². The number of piperazine rings is 2. The first kappa shape index (κ1) is 29.0. The van der Waals surface area contributed by atoms with E-state index in [2.05, 4.69) is 37.8 Å². The second-order valence-electron chi connectivity index (χ2n) is 10.2. The van der Waals surface area contributed by atoms with Crippen LogP contribution in [0.5, 0.6) is 5.75 Å². The Morgan fingerprint density at radius 1 is 0.649 bits per heavy atom. The first-order chi connectivity index (χ1) is 18.1. The number of aliphatic hydroxyl groups excluding tert-OH is 2. The molecule has 0 aliphatic carbocycles. The molecule has 206 valence electrons. The van der Waals surface area contributed by atoms with Gasteiger partial charge in [0.05, 0.1) is 0 Å². The summed E-state index contributed by atoms with van der Waals surface area (Å²) in [6, 6.07) is 6.42. The number of phenolic OH excluding ortho intramolecular Hbond substituents is 1. The van der Waals surface area contributed by atoms with Gasteiger partial charge >= 0.3 is 0 Å². The summed E-state index contributed by atoms with van der Waals surface area (Å²) in [5, 5.41) is 29.5. The van der Waals surface area contributed by atoms with Gasteiger partial charge in [0, 0.05) is 94.7 Å². The van der Waals surface area contributed by atoms with Crippen LogP contribution in [0.25, 0.3) is 10.4 Å². The zero-order chi connectivity index (χ0) is 26.0. The highest BCUT2D eigenvalue weighted by molar-refractivity contribution is 7.80. The lowest BCUT2D eigenvalue weighted by molar-refractivity contribution is 0.121. The van der Waals surface area contributed by atoms with Crippen molar-refractivity contribution in [3.05, 3.63) is 33.1 Å². The Balaban J connectivity index is 1.42. The maximum atomic E-state index is 11.4. The summed E-state index contributed by atoms with van der Waals surface area (Å²) >= 11 is 5.41. The van der Waals surface area contributed by atoms with Crippen molar-refractivity contribution in [3.8, 4) is 16.2 Å². The van der Waals surface area contributed by atoms with Gasteiger partial charge in [-0.15, -0.1) is 0 Å². The van der Waals surface area contributed by atoms with E-state index in [4.69, 9.17) is 22.4 Å². The van der Waals surface area contributed by atoms with Crippen molar-refractivity contribution in [2.75, 3.05) is 78.7 Å². The normalized spacial score (nSPS) is 18.5. The first-order valence-electron chi connectivity index (χ1n) is 13.6. The maximum Gasteiger partial charge on any atom is 0.124 e. The summed E-state index contributed by atoms with van der Waals surface area (Å²) in [6.45, 7) is 12.3. The zero-order valence-electron chi connectivity index (χ0n) is 21.8. The molecule has 2 saturated heterocycles. The molecule has 2 aliphatic rings. The minimum absolute atomic E-state index is 0.274. The molecule has 3 N–H and O–H groups in total. The third kappa shape index (κ3) is 8.78. The van der Waals surface area contributed by atoms with Gasteiger partial charge in [-0.3, -0.25) is 9.80 Å². The molecule has 7 nitrogen and oxygen atoms in total. The average Bonchev–Trinajstić information content (AvgIpc) is 3.35. The summed E-state index contributed by atoms with van der Waals surface area (Å²) in [7, 11) is 3.35. The van der Waals surface area contributed by atoms with Crippen LogP contribution in [0.2, 0.25) is 0 Å². The van der Waals surface area contributed by atoms with Crippen molar-refractivity contribution in [1.82, 2.24) is 19.6 Å². The van der Waals surface area contributed by atoms with E-state index in [-0.39, 0.29) is 13.2 Å². The molecule has 2 aliphatic heterocycles. The number of rotatable bonds is 13. The van der Waals surface area contributed by atoms with Crippen molar-refractivity contribution in [2.45, 2.75) is 38.8 Å². The number of hydrogen-bond donors (Lipinski definition) is 3. The number of phenols is 1. The number of aliphatic hydroxyl groups is 2. The minimum atomic E-state index is 0.274. The molecule has 1 aromatic heterocycles. The predicted octanol–water partition coefficient (Wildman–Crippen LogP) is 3.69. The van der Waals surface area contributed by atoms with E-state index in [1.54, 1.807) is 20.7 Å². The van der Waals surface area contributed by atoms with Crippen molar-refractivity contribution in [2.24, 2.45) is 0 Å². The summed E-state index contributed by atoms with van der Waals surface area (Å²) in [6.07, 6.45) is 3.84. The fourth-order valence-corrected chi connectivity index (χ4v) is 7.62. The fourth-order valence-electron chi connectivity index (χ4n) is 5.23. The molecule has 0 atom stereocenters. The number of hydrogen-bond acceptors (Lipinski definition) is 10. The Kier molecular flexibility index (Phi) is 11.8. The molecule has 0 amide bonds. The van der Waals surface area contributed by atoms with Gasteiger partial charge in [0.1, 0.15) is 9.57 Å². The van der Waals surface area contributed by atoms with Crippen LogP contribution in [-0.4, -0.2) is 114 Å². The lowest BCUT2D eigenvalue weighted by atomic mass is 10.0.